The molecule has 0 aromatic heterocycles. The standard InChI is InChI=1S/C25H42O3Si/c1-22(2,3)29(7,8)28-17-25-13-10-9-11-20(25)24(6)15-18(16-26)21(27)23(4,5)19(24)12-14-25/h11,16,18-19H,9-10,12-15,17H2,1-8H3/t18?,19-,24-,25+/m0/s1. The van der Waals surface area contributed by atoms with Gasteiger partial charge in [0.05, 0.1) is 5.92 Å². The van der Waals surface area contributed by atoms with Gasteiger partial charge >= 0.3 is 0 Å². The highest BCUT2D eigenvalue weighted by Gasteiger charge is 2.62. The van der Waals surface area contributed by atoms with E-state index in [0.29, 0.717) is 12.3 Å². The Bertz CT molecular complexity index is 714. The summed E-state index contributed by atoms with van der Waals surface area (Å²) in [6.07, 6.45) is 9.72. The van der Waals surface area contributed by atoms with Crippen molar-refractivity contribution in [3.05, 3.63) is 11.6 Å². The third-order valence-electron chi connectivity index (χ3n) is 9.24. The van der Waals surface area contributed by atoms with Crippen molar-refractivity contribution in [3.63, 3.8) is 0 Å². The predicted octanol–water partition coefficient (Wildman–Crippen LogP) is 6.34. The molecule has 0 amide bonds. The average Bonchev–Trinajstić information content (AvgIpc) is 2.62. The van der Waals surface area contributed by atoms with Gasteiger partial charge in [0.1, 0.15) is 12.1 Å². The van der Waals surface area contributed by atoms with Gasteiger partial charge in [0.2, 0.25) is 0 Å². The average molecular weight is 419 g/mol. The maximum Gasteiger partial charge on any atom is 0.192 e. The molecule has 4 heteroatoms. The molecule has 2 saturated carbocycles. The van der Waals surface area contributed by atoms with Crippen molar-refractivity contribution in [2.45, 2.75) is 98.2 Å². The molecule has 3 nitrogen and oxygen atoms in total. The molecule has 1 unspecified atom stereocenters. The molecule has 0 heterocycles. The summed E-state index contributed by atoms with van der Waals surface area (Å²) in [4.78, 5) is 24.8. The Morgan fingerprint density at radius 1 is 1.21 bits per heavy atom. The lowest BCUT2D eigenvalue weighted by atomic mass is 9.42. The molecule has 3 aliphatic rings. The molecule has 4 atom stereocenters. The number of allylic oxidation sites excluding steroid dienone is 1. The van der Waals surface area contributed by atoms with E-state index in [1.165, 1.54) is 18.4 Å². The lowest BCUT2D eigenvalue weighted by molar-refractivity contribution is -0.151. The first-order valence-corrected chi connectivity index (χ1v) is 14.5. The molecule has 164 valence electrons. The number of Topliss-reactive ketones (excluding diaryl/α,β-unsaturated/α-hetero) is 1. The van der Waals surface area contributed by atoms with Crippen LogP contribution in [0.25, 0.3) is 0 Å². The lowest BCUT2D eigenvalue weighted by Crippen LogP contribution is -2.59. The topological polar surface area (TPSA) is 43.4 Å². The molecule has 29 heavy (non-hydrogen) atoms. The molecule has 0 aromatic carbocycles. The van der Waals surface area contributed by atoms with E-state index in [1.807, 2.05) is 0 Å². The second-order valence-corrected chi connectivity index (χ2v) is 17.2. The largest absolute Gasteiger partial charge is 0.416 e. The third-order valence-corrected chi connectivity index (χ3v) is 13.7. The molecule has 0 aliphatic heterocycles. The molecule has 3 aliphatic carbocycles. The number of ketones is 1. The normalized spacial score (nSPS) is 37.4. The number of fused-ring (bicyclic) bond motifs is 3. The summed E-state index contributed by atoms with van der Waals surface area (Å²) in [7, 11) is -1.84. The van der Waals surface area contributed by atoms with Crippen molar-refractivity contribution < 1.29 is 14.0 Å². The quantitative estimate of drug-likeness (QED) is 0.232. The van der Waals surface area contributed by atoms with E-state index >= 15 is 0 Å². The first-order chi connectivity index (χ1) is 13.2. The Hall–Kier alpha value is -0.743. The van der Waals surface area contributed by atoms with Gasteiger partial charge in [-0.1, -0.05) is 53.2 Å². The Balaban J connectivity index is 1.98. The van der Waals surface area contributed by atoms with E-state index in [1.54, 1.807) is 0 Å². The highest BCUT2D eigenvalue weighted by atomic mass is 28.4. The highest BCUT2D eigenvalue weighted by Crippen LogP contribution is 2.66. The van der Waals surface area contributed by atoms with Crippen LogP contribution in [0.15, 0.2) is 11.6 Å². The first-order valence-electron chi connectivity index (χ1n) is 11.6. The van der Waals surface area contributed by atoms with Crippen molar-refractivity contribution in [3.8, 4) is 0 Å². The van der Waals surface area contributed by atoms with Gasteiger partial charge in [-0.25, -0.2) is 0 Å². The SMILES string of the molecule is CC1(C)C(=O)C(C=O)C[C@]2(C)C3=CCCC[C@]3(CO[Si](C)(C)C(C)(C)C)CC[C@@H]12. The second-order valence-electron chi connectivity index (χ2n) is 12.4. The fourth-order valence-electron chi connectivity index (χ4n) is 6.54. The maximum atomic E-state index is 13.0. The van der Waals surface area contributed by atoms with Crippen LogP contribution in [0.3, 0.4) is 0 Å². The number of hydrogen-bond acceptors (Lipinski definition) is 3. The molecule has 0 aromatic rings. The number of carbonyl (C=O) groups is 2. The smallest absolute Gasteiger partial charge is 0.192 e. The van der Waals surface area contributed by atoms with Crippen molar-refractivity contribution in [2.75, 3.05) is 6.61 Å². The van der Waals surface area contributed by atoms with Gasteiger partial charge < -0.3 is 9.22 Å². The summed E-state index contributed by atoms with van der Waals surface area (Å²) < 4.78 is 6.81. The summed E-state index contributed by atoms with van der Waals surface area (Å²) in [6, 6.07) is 0. The summed E-state index contributed by atoms with van der Waals surface area (Å²) in [5.74, 6) is -0.00774. The minimum absolute atomic E-state index is 0.0849. The predicted molar refractivity (Wildman–Crippen MR) is 121 cm³/mol. The van der Waals surface area contributed by atoms with Crippen LogP contribution >= 0.6 is 0 Å². The van der Waals surface area contributed by atoms with Crippen molar-refractivity contribution in [2.24, 2.45) is 28.1 Å². The van der Waals surface area contributed by atoms with E-state index in [2.05, 4.69) is 60.7 Å². The Labute approximate surface area is 179 Å². The molecule has 3 rings (SSSR count). The number of hydrogen-bond donors (Lipinski definition) is 0. The van der Waals surface area contributed by atoms with Crippen LogP contribution in [-0.2, 0) is 14.0 Å². The summed E-state index contributed by atoms with van der Waals surface area (Å²) >= 11 is 0. The van der Waals surface area contributed by atoms with E-state index in [9.17, 15) is 9.59 Å². The van der Waals surface area contributed by atoms with Crippen molar-refractivity contribution in [1.82, 2.24) is 0 Å². The van der Waals surface area contributed by atoms with Gasteiger partial charge in [0.15, 0.2) is 8.32 Å². The second kappa shape index (κ2) is 7.15. The van der Waals surface area contributed by atoms with Crippen LogP contribution in [0.5, 0.6) is 0 Å². The zero-order valence-corrected chi connectivity index (χ0v) is 21.0. The van der Waals surface area contributed by atoms with E-state index in [-0.39, 0.29) is 21.7 Å². The molecular formula is C25H42O3Si. The minimum atomic E-state index is -1.84. The molecule has 2 fully saturated rings. The van der Waals surface area contributed by atoms with Gasteiger partial charge in [-0.05, 0) is 68.0 Å². The Kier molecular flexibility index (Phi) is 5.66. The fraction of sp³-hybridized carbons (Fsp3) is 0.840. The highest BCUT2D eigenvalue weighted by molar-refractivity contribution is 6.74. The molecule has 0 radical (unpaired) electrons. The van der Waals surface area contributed by atoms with E-state index in [4.69, 9.17) is 4.43 Å². The molecular weight excluding hydrogens is 376 g/mol. The van der Waals surface area contributed by atoms with Crippen LogP contribution in [0.1, 0.15) is 80.1 Å². The molecule has 0 N–H and O–H groups in total. The van der Waals surface area contributed by atoms with Gasteiger partial charge in [-0.15, -0.1) is 0 Å². The minimum Gasteiger partial charge on any atom is -0.416 e. The number of carbonyl (C=O) groups excluding carboxylic acids is 2. The van der Waals surface area contributed by atoms with Crippen LogP contribution in [0, 0.1) is 28.1 Å². The van der Waals surface area contributed by atoms with Gasteiger partial charge in [-0.3, -0.25) is 4.79 Å². The lowest BCUT2D eigenvalue weighted by Gasteiger charge is -2.61. The van der Waals surface area contributed by atoms with Gasteiger partial charge in [-0.2, -0.15) is 0 Å². The van der Waals surface area contributed by atoms with E-state index in [0.717, 1.165) is 32.2 Å². The summed E-state index contributed by atoms with van der Waals surface area (Å²) in [5.41, 5.74) is 1.07. The number of aldehydes is 1. The Morgan fingerprint density at radius 3 is 2.45 bits per heavy atom. The summed E-state index contributed by atoms with van der Waals surface area (Å²) in [6.45, 7) is 18.9. The van der Waals surface area contributed by atoms with Crippen LogP contribution in [0.4, 0.5) is 0 Å². The molecule has 0 saturated heterocycles. The zero-order chi connectivity index (χ0) is 21.9. The van der Waals surface area contributed by atoms with Crippen molar-refractivity contribution in [1.29, 1.82) is 0 Å². The van der Waals surface area contributed by atoms with Crippen LogP contribution in [0.2, 0.25) is 18.1 Å². The van der Waals surface area contributed by atoms with Crippen LogP contribution in [-0.4, -0.2) is 27.0 Å². The van der Waals surface area contributed by atoms with Gasteiger partial charge in [0, 0.05) is 17.4 Å². The third kappa shape index (κ3) is 3.52. The van der Waals surface area contributed by atoms with Crippen LogP contribution < -0.4 is 0 Å². The zero-order valence-electron chi connectivity index (χ0n) is 20.0. The first kappa shape index (κ1) is 22.9. The van der Waals surface area contributed by atoms with Crippen molar-refractivity contribution >= 4 is 20.4 Å². The maximum absolute atomic E-state index is 13.0. The number of rotatable bonds is 4. The summed E-state index contributed by atoms with van der Waals surface area (Å²) in [5, 5.41) is 0.200. The van der Waals surface area contributed by atoms with E-state index < -0.39 is 19.7 Å². The van der Waals surface area contributed by atoms with Gasteiger partial charge in [0.25, 0.3) is 0 Å². The Morgan fingerprint density at radius 2 is 1.86 bits per heavy atom. The molecule has 0 spiro atoms. The molecule has 0 bridgehead atoms. The fourth-order valence-corrected chi connectivity index (χ4v) is 7.61. The monoisotopic (exact) mass is 418 g/mol.